The molecule has 0 radical (unpaired) electrons. The SMILES string of the molecule is CCCCOC(=O)C=CC(=O)O[Si](C(C)C)(C(C)C)C(C)C. The summed E-state index contributed by atoms with van der Waals surface area (Å²) in [5, 5.41) is 0. The number of ether oxygens (including phenoxy) is 1. The Labute approximate surface area is 136 Å². The summed E-state index contributed by atoms with van der Waals surface area (Å²) in [6.45, 7) is 15.1. The van der Waals surface area contributed by atoms with Crippen molar-refractivity contribution >= 4 is 20.3 Å². The van der Waals surface area contributed by atoms with Crippen LogP contribution in [0.1, 0.15) is 61.3 Å². The van der Waals surface area contributed by atoms with E-state index in [0.29, 0.717) is 23.2 Å². The second-order valence-electron chi connectivity index (χ2n) is 6.59. The first-order valence-corrected chi connectivity index (χ1v) is 10.4. The second kappa shape index (κ2) is 9.82. The lowest BCUT2D eigenvalue weighted by atomic mass is 10.4. The van der Waals surface area contributed by atoms with Crippen molar-refractivity contribution in [3.05, 3.63) is 12.2 Å². The van der Waals surface area contributed by atoms with Crippen molar-refractivity contribution in [3.8, 4) is 0 Å². The molecule has 0 saturated heterocycles. The van der Waals surface area contributed by atoms with Crippen LogP contribution < -0.4 is 0 Å². The summed E-state index contributed by atoms with van der Waals surface area (Å²) < 4.78 is 10.9. The number of hydrogen-bond donors (Lipinski definition) is 0. The van der Waals surface area contributed by atoms with Crippen LogP contribution in [0, 0.1) is 0 Å². The molecule has 0 spiro atoms. The Bertz CT molecular complexity index is 364. The fourth-order valence-electron chi connectivity index (χ4n) is 3.06. The van der Waals surface area contributed by atoms with E-state index in [-0.39, 0.29) is 0 Å². The zero-order valence-electron chi connectivity index (χ0n) is 15.1. The Balaban J connectivity index is 4.81. The molecule has 0 atom stereocenters. The van der Waals surface area contributed by atoms with Crippen LogP contribution in [0.5, 0.6) is 0 Å². The van der Waals surface area contributed by atoms with Crippen molar-refractivity contribution in [2.45, 2.75) is 77.9 Å². The summed E-state index contributed by atoms with van der Waals surface area (Å²) in [4.78, 5) is 23.6. The molecule has 0 aliphatic rings. The standard InChI is InChI=1S/C17H32O4Si/c1-8-9-12-20-16(18)10-11-17(19)21-22(13(2)3,14(4)5)15(6)7/h10-11,13-15H,8-9,12H2,1-7H3. The maximum atomic E-state index is 12.1. The highest BCUT2D eigenvalue weighted by Gasteiger charge is 2.47. The Kier molecular flexibility index (Phi) is 9.33. The number of carbonyl (C=O) groups is 2. The molecule has 0 N–H and O–H groups in total. The highest BCUT2D eigenvalue weighted by atomic mass is 28.4. The van der Waals surface area contributed by atoms with Crippen LogP contribution in [-0.2, 0) is 18.8 Å². The second-order valence-corrected chi connectivity index (χ2v) is 12.0. The predicted molar refractivity (Wildman–Crippen MR) is 92.1 cm³/mol. The van der Waals surface area contributed by atoms with Crippen LogP contribution in [-0.4, -0.2) is 26.9 Å². The van der Waals surface area contributed by atoms with Crippen LogP contribution >= 0.6 is 0 Å². The molecule has 0 aromatic heterocycles. The maximum absolute atomic E-state index is 12.1. The van der Waals surface area contributed by atoms with Gasteiger partial charge < -0.3 is 9.16 Å². The van der Waals surface area contributed by atoms with E-state index >= 15 is 0 Å². The van der Waals surface area contributed by atoms with Crippen LogP contribution in [0.4, 0.5) is 0 Å². The normalized spacial score (nSPS) is 12.5. The Morgan fingerprint density at radius 3 is 1.77 bits per heavy atom. The number of carbonyl (C=O) groups excluding carboxylic acids is 2. The summed E-state index contributed by atoms with van der Waals surface area (Å²) in [6.07, 6.45) is 4.15. The molecule has 0 amide bonds. The lowest BCUT2D eigenvalue weighted by molar-refractivity contribution is -0.138. The van der Waals surface area contributed by atoms with Gasteiger partial charge in [-0.15, -0.1) is 0 Å². The molecule has 0 aromatic rings. The van der Waals surface area contributed by atoms with Crippen molar-refractivity contribution in [2.75, 3.05) is 6.61 Å². The topological polar surface area (TPSA) is 52.6 Å². The van der Waals surface area contributed by atoms with E-state index in [1.54, 1.807) is 0 Å². The van der Waals surface area contributed by atoms with Gasteiger partial charge in [-0.25, -0.2) is 9.59 Å². The van der Waals surface area contributed by atoms with E-state index in [4.69, 9.17) is 9.16 Å². The van der Waals surface area contributed by atoms with Crippen molar-refractivity contribution in [2.24, 2.45) is 0 Å². The van der Waals surface area contributed by atoms with Gasteiger partial charge in [0.25, 0.3) is 8.32 Å². The van der Waals surface area contributed by atoms with Gasteiger partial charge in [-0.05, 0) is 23.0 Å². The van der Waals surface area contributed by atoms with Gasteiger partial charge in [0.1, 0.15) is 0 Å². The van der Waals surface area contributed by atoms with Gasteiger partial charge in [0.15, 0.2) is 0 Å². The summed E-state index contributed by atoms with van der Waals surface area (Å²) in [5.74, 6) is -0.925. The maximum Gasteiger partial charge on any atom is 0.331 e. The molecule has 128 valence electrons. The molecule has 0 unspecified atom stereocenters. The Hall–Kier alpha value is -1.10. The summed E-state index contributed by atoms with van der Waals surface area (Å²) in [7, 11) is -2.25. The van der Waals surface area contributed by atoms with Crippen molar-refractivity contribution in [3.63, 3.8) is 0 Å². The smallest absolute Gasteiger partial charge is 0.331 e. The number of hydrogen-bond acceptors (Lipinski definition) is 4. The first-order chi connectivity index (χ1) is 10.2. The van der Waals surface area contributed by atoms with Crippen molar-refractivity contribution in [1.82, 2.24) is 0 Å². The fraction of sp³-hybridized carbons (Fsp3) is 0.765. The fourth-order valence-corrected chi connectivity index (χ4v) is 8.19. The average molecular weight is 329 g/mol. The molecule has 0 aromatic carbocycles. The average Bonchev–Trinajstić information content (AvgIpc) is 2.41. The predicted octanol–water partition coefficient (Wildman–Crippen LogP) is 4.60. The minimum atomic E-state index is -2.25. The molecule has 0 heterocycles. The number of esters is 1. The highest BCUT2D eigenvalue weighted by molar-refractivity contribution is 6.79. The van der Waals surface area contributed by atoms with E-state index in [0.717, 1.165) is 18.9 Å². The summed E-state index contributed by atoms with van der Waals surface area (Å²) in [6, 6.07) is 0. The van der Waals surface area contributed by atoms with Crippen LogP contribution in [0.3, 0.4) is 0 Å². The Morgan fingerprint density at radius 2 is 1.36 bits per heavy atom. The van der Waals surface area contributed by atoms with Gasteiger partial charge in [-0.2, -0.15) is 0 Å². The van der Waals surface area contributed by atoms with Crippen LogP contribution in [0.15, 0.2) is 12.2 Å². The molecule has 0 fully saturated rings. The van der Waals surface area contributed by atoms with Crippen molar-refractivity contribution < 1.29 is 18.8 Å². The molecule has 0 aliphatic heterocycles. The van der Waals surface area contributed by atoms with Crippen molar-refractivity contribution in [1.29, 1.82) is 0 Å². The molecular formula is C17H32O4Si. The summed E-state index contributed by atoms with van der Waals surface area (Å²) >= 11 is 0. The first-order valence-electron chi connectivity index (χ1n) is 8.26. The third-order valence-electron chi connectivity index (χ3n) is 4.08. The van der Waals surface area contributed by atoms with Gasteiger partial charge in [-0.3, -0.25) is 0 Å². The molecule has 0 saturated carbocycles. The van der Waals surface area contributed by atoms with Crippen LogP contribution in [0.25, 0.3) is 0 Å². The molecule has 0 bridgehead atoms. The van der Waals surface area contributed by atoms with Gasteiger partial charge >= 0.3 is 11.9 Å². The van der Waals surface area contributed by atoms with E-state index < -0.39 is 20.3 Å². The third-order valence-corrected chi connectivity index (χ3v) is 10.1. The third kappa shape index (κ3) is 5.95. The van der Waals surface area contributed by atoms with Gasteiger partial charge in [0, 0.05) is 12.2 Å². The first kappa shape index (κ1) is 20.9. The minimum Gasteiger partial charge on any atom is -0.515 e. The lowest BCUT2D eigenvalue weighted by Gasteiger charge is -2.40. The van der Waals surface area contributed by atoms with E-state index in [2.05, 4.69) is 41.5 Å². The molecule has 5 heteroatoms. The molecule has 0 rings (SSSR count). The zero-order chi connectivity index (χ0) is 17.3. The number of unbranched alkanes of at least 4 members (excludes halogenated alkanes) is 1. The van der Waals surface area contributed by atoms with Gasteiger partial charge in [0.05, 0.1) is 6.61 Å². The summed E-state index contributed by atoms with van der Waals surface area (Å²) in [5.41, 5.74) is 0.962. The molecule has 4 nitrogen and oxygen atoms in total. The lowest BCUT2D eigenvalue weighted by Crippen LogP contribution is -2.49. The zero-order valence-corrected chi connectivity index (χ0v) is 16.1. The van der Waals surface area contributed by atoms with E-state index in [1.165, 1.54) is 6.08 Å². The highest BCUT2D eigenvalue weighted by Crippen LogP contribution is 2.42. The largest absolute Gasteiger partial charge is 0.515 e. The monoisotopic (exact) mass is 328 g/mol. The van der Waals surface area contributed by atoms with E-state index in [9.17, 15) is 9.59 Å². The Morgan fingerprint density at radius 1 is 0.909 bits per heavy atom. The van der Waals surface area contributed by atoms with Crippen LogP contribution in [0.2, 0.25) is 16.6 Å². The quantitative estimate of drug-likeness (QED) is 0.268. The van der Waals surface area contributed by atoms with Gasteiger partial charge in [-0.1, -0.05) is 54.9 Å². The number of rotatable bonds is 9. The van der Waals surface area contributed by atoms with E-state index in [1.807, 2.05) is 6.92 Å². The molecule has 22 heavy (non-hydrogen) atoms. The van der Waals surface area contributed by atoms with Gasteiger partial charge in [0.2, 0.25) is 0 Å². The minimum absolute atomic E-state index is 0.321. The molecule has 0 aliphatic carbocycles. The molecular weight excluding hydrogens is 296 g/mol.